The van der Waals surface area contributed by atoms with E-state index in [-0.39, 0.29) is 6.04 Å². The summed E-state index contributed by atoms with van der Waals surface area (Å²) >= 11 is 0. The average Bonchev–Trinajstić information content (AvgIpc) is 2.27. The van der Waals surface area contributed by atoms with Gasteiger partial charge in [0.05, 0.1) is 12.6 Å². The fraction of sp³-hybridized carbons (Fsp3) is 0.250. The first kappa shape index (κ1) is 9.93. The summed E-state index contributed by atoms with van der Waals surface area (Å²) in [5.41, 5.74) is 7.86. The zero-order valence-corrected chi connectivity index (χ0v) is 8.90. The van der Waals surface area contributed by atoms with Crippen molar-refractivity contribution in [3.8, 4) is 5.88 Å². The predicted octanol–water partition coefficient (Wildman–Crippen LogP) is 2.26. The van der Waals surface area contributed by atoms with E-state index < -0.39 is 0 Å². The molecule has 0 aliphatic rings. The molecule has 0 saturated heterocycles. The number of benzene rings is 1. The number of methoxy groups -OCH3 is 1. The number of rotatable bonds is 2. The van der Waals surface area contributed by atoms with E-state index in [1.165, 1.54) is 0 Å². The smallest absolute Gasteiger partial charge is 0.213 e. The Morgan fingerprint density at radius 1 is 1.27 bits per heavy atom. The Balaban J connectivity index is 2.70. The molecule has 1 aromatic carbocycles. The van der Waals surface area contributed by atoms with Crippen LogP contribution in [-0.2, 0) is 0 Å². The molecule has 2 aromatic rings. The van der Waals surface area contributed by atoms with Crippen LogP contribution in [0.5, 0.6) is 5.88 Å². The minimum absolute atomic E-state index is 0.0201. The summed E-state index contributed by atoms with van der Waals surface area (Å²) in [6.45, 7) is 1.95. The summed E-state index contributed by atoms with van der Waals surface area (Å²) in [6.07, 6.45) is 0. The van der Waals surface area contributed by atoms with E-state index in [4.69, 9.17) is 10.5 Å². The number of hydrogen-bond donors (Lipinski definition) is 1. The van der Waals surface area contributed by atoms with Gasteiger partial charge in [-0.2, -0.15) is 0 Å². The maximum absolute atomic E-state index is 5.89. The van der Waals surface area contributed by atoms with E-state index in [0.717, 1.165) is 16.5 Å². The van der Waals surface area contributed by atoms with Crippen molar-refractivity contribution in [3.05, 3.63) is 35.9 Å². The molecule has 0 bridgehead atoms. The number of pyridine rings is 1. The minimum Gasteiger partial charge on any atom is -0.481 e. The second-order valence-corrected chi connectivity index (χ2v) is 3.56. The van der Waals surface area contributed by atoms with Crippen molar-refractivity contribution >= 4 is 10.9 Å². The number of fused-ring (bicyclic) bond motifs is 1. The van der Waals surface area contributed by atoms with Crippen LogP contribution >= 0.6 is 0 Å². The molecule has 0 aliphatic heterocycles. The lowest BCUT2D eigenvalue weighted by Gasteiger charge is -2.09. The van der Waals surface area contributed by atoms with Gasteiger partial charge >= 0.3 is 0 Å². The lowest BCUT2D eigenvalue weighted by atomic mass is 10.0. The first-order valence-electron chi connectivity index (χ1n) is 4.91. The molecule has 1 atom stereocenters. The fourth-order valence-electron chi connectivity index (χ4n) is 1.63. The highest BCUT2D eigenvalue weighted by Crippen LogP contribution is 2.23. The molecule has 1 heterocycles. The van der Waals surface area contributed by atoms with E-state index in [1.807, 2.05) is 37.3 Å². The van der Waals surface area contributed by atoms with Crippen LogP contribution in [0.2, 0.25) is 0 Å². The molecular weight excluding hydrogens is 188 g/mol. The van der Waals surface area contributed by atoms with Gasteiger partial charge in [-0.3, -0.25) is 0 Å². The van der Waals surface area contributed by atoms with Crippen molar-refractivity contribution < 1.29 is 4.74 Å². The Bertz CT molecular complexity index is 480. The molecule has 78 valence electrons. The molecule has 1 aromatic heterocycles. The van der Waals surface area contributed by atoms with Crippen molar-refractivity contribution in [2.45, 2.75) is 13.0 Å². The van der Waals surface area contributed by atoms with Crippen LogP contribution in [0.25, 0.3) is 10.9 Å². The Hall–Kier alpha value is -1.61. The Kier molecular flexibility index (Phi) is 2.56. The monoisotopic (exact) mass is 202 g/mol. The van der Waals surface area contributed by atoms with Crippen molar-refractivity contribution in [1.82, 2.24) is 4.98 Å². The third-order valence-electron chi connectivity index (χ3n) is 2.43. The van der Waals surface area contributed by atoms with Gasteiger partial charge in [0.2, 0.25) is 5.88 Å². The molecule has 0 fully saturated rings. The van der Waals surface area contributed by atoms with Gasteiger partial charge in [-0.05, 0) is 18.6 Å². The second-order valence-electron chi connectivity index (χ2n) is 3.56. The van der Waals surface area contributed by atoms with Crippen molar-refractivity contribution in [3.63, 3.8) is 0 Å². The van der Waals surface area contributed by atoms with Crippen molar-refractivity contribution in [1.29, 1.82) is 0 Å². The number of ether oxygens (including phenoxy) is 1. The van der Waals surface area contributed by atoms with Crippen molar-refractivity contribution in [2.24, 2.45) is 5.73 Å². The molecule has 1 unspecified atom stereocenters. The van der Waals surface area contributed by atoms with Crippen LogP contribution < -0.4 is 10.5 Å². The molecule has 3 heteroatoms. The van der Waals surface area contributed by atoms with Gasteiger partial charge in [-0.25, -0.2) is 4.98 Å². The standard InChI is InChI=1S/C12H14N2O/c1-8(13)10-5-3-4-9-6-7-11(15-2)14-12(9)10/h3-8H,13H2,1-2H3. The van der Waals surface area contributed by atoms with Crippen LogP contribution in [-0.4, -0.2) is 12.1 Å². The Morgan fingerprint density at radius 2 is 2.07 bits per heavy atom. The first-order valence-corrected chi connectivity index (χ1v) is 4.91. The molecule has 0 aliphatic carbocycles. The number of nitrogens with zero attached hydrogens (tertiary/aromatic N) is 1. The summed E-state index contributed by atoms with van der Waals surface area (Å²) < 4.78 is 5.11. The maximum Gasteiger partial charge on any atom is 0.213 e. The van der Waals surface area contributed by atoms with Gasteiger partial charge in [-0.1, -0.05) is 18.2 Å². The Labute approximate surface area is 88.9 Å². The average molecular weight is 202 g/mol. The first-order chi connectivity index (χ1) is 7.22. The van der Waals surface area contributed by atoms with E-state index in [9.17, 15) is 0 Å². The lowest BCUT2D eigenvalue weighted by molar-refractivity contribution is 0.399. The summed E-state index contributed by atoms with van der Waals surface area (Å²) in [6, 6.07) is 9.84. The van der Waals surface area contributed by atoms with Crippen LogP contribution in [0.3, 0.4) is 0 Å². The van der Waals surface area contributed by atoms with E-state index in [0.29, 0.717) is 5.88 Å². The van der Waals surface area contributed by atoms with E-state index in [1.54, 1.807) is 7.11 Å². The number of hydrogen-bond acceptors (Lipinski definition) is 3. The molecule has 0 spiro atoms. The zero-order chi connectivity index (χ0) is 10.8. The number of aromatic nitrogens is 1. The van der Waals surface area contributed by atoms with Crippen LogP contribution in [0.1, 0.15) is 18.5 Å². The van der Waals surface area contributed by atoms with Gasteiger partial charge < -0.3 is 10.5 Å². The third kappa shape index (κ3) is 1.78. The molecule has 2 N–H and O–H groups in total. The number of para-hydroxylation sites is 1. The minimum atomic E-state index is -0.0201. The highest BCUT2D eigenvalue weighted by atomic mass is 16.5. The van der Waals surface area contributed by atoms with Crippen LogP contribution in [0.4, 0.5) is 0 Å². The Morgan fingerprint density at radius 3 is 2.73 bits per heavy atom. The highest BCUT2D eigenvalue weighted by Gasteiger charge is 2.07. The lowest BCUT2D eigenvalue weighted by Crippen LogP contribution is -2.06. The maximum atomic E-state index is 5.89. The quantitative estimate of drug-likeness (QED) is 0.812. The molecule has 3 nitrogen and oxygen atoms in total. The molecule has 0 radical (unpaired) electrons. The molecule has 2 rings (SSSR count). The van der Waals surface area contributed by atoms with E-state index in [2.05, 4.69) is 4.98 Å². The molecule has 0 amide bonds. The fourth-order valence-corrected chi connectivity index (χ4v) is 1.63. The van der Waals surface area contributed by atoms with Crippen LogP contribution in [0.15, 0.2) is 30.3 Å². The summed E-state index contributed by atoms with van der Waals surface area (Å²) in [4.78, 5) is 4.41. The third-order valence-corrected chi connectivity index (χ3v) is 2.43. The topological polar surface area (TPSA) is 48.1 Å². The predicted molar refractivity (Wildman–Crippen MR) is 60.9 cm³/mol. The number of nitrogens with two attached hydrogens (primary N) is 1. The molecular formula is C12H14N2O. The van der Waals surface area contributed by atoms with Gasteiger partial charge in [0, 0.05) is 17.5 Å². The van der Waals surface area contributed by atoms with Gasteiger partial charge in [-0.15, -0.1) is 0 Å². The van der Waals surface area contributed by atoms with Gasteiger partial charge in [0.1, 0.15) is 0 Å². The normalized spacial score (nSPS) is 12.7. The van der Waals surface area contributed by atoms with Gasteiger partial charge in [0.15, 0.2) is 0 Å². The zero-order valence-electron chi connectivity index (χ0n) is 8.90. The summed E-state index contributed by atoms with van der Waals surface area (Å²) in [7, 11) is 1.61. The van der Waals surface area contributed by atoms with Gasteiger partial charge in [0.25, 0.3) is 0 Å². The van der Waals surface area contributed by atoms with Crippen LogP contribution in [0, 0.1) is 0 Å². The summed E-state index contributed by atoms with van der Waals surface area (Å²) in [5.74, 6) is 0.621. The van der Waals surface area contributed by atoms with E-state index >= 15 is 0 Å². The summed E-state index contributed by atoms with van der Waals surface area (Å²) in [5, 5.41) is 1.09. The SMILES string of the molecule is COc1ccc2cccc(C(C)N)c2n1. The van der Waals surface area contributed by atoms with Crippen molar-refractivity contribution in [2.75, 3.05) is 7.11 Å². The molecule has 0 saturated carbocycles. The highest BCUT2D eigenvalue weighted by molar-refractivity contribution is 5.82. The molecule has 15 heavy (non-hydrogen) atoms. The largest absolute Gasteiger partial charge is 0.481 e. The second kappa shape index (κ2) is 3.87.